The average molecular weight is 341 g/mol. The zero-order valence-electron chi connectivity index (χ0n) is 13.5. The third kappa shape index (κ3) is 4.91. The number of carbonyl (C=O) groups is 3. The van der Waals surface area contributed by atoms with E-state index in [0.717, 1.165) is 0 Å². The van der Waals surface area contributed by atoms with Crippen LogP contribution >= 0.6 is 0 Å². The molecule has 130 valence electrons. The molecular weight excluding hydrogens is 322 g/mol. The van der Waals surface area contributed by atoms with Gasteiger partial charge in [0.15, 0.2) is 0 Å². The smallest absolute Gasteiger partial charge is 0.329 e. The summed E-state index contributed by atoms with van der Waals surface area (Å²) in [6.07, 6.45) is -0.589. The number of carboxylic acids is 2. The second-order valence-corrected chi connectivity index (χ2v) is 5.76. The van der Waals surface area contributed by atoms with Gasteiger partial charge in [0, 0.05) is 18.4 Å². The van der Waals surface area contributed by atoms with Crippen molar-refractivity contribution in [2.75, 3.05) is 0 Å². The molecule has 3 N–H and O–H groups in total. The van der Waals surface area contributed by atoms with E-state index in [0.29, 0.717) is 11.1 Å². The van der Waals surface area contributed by atoms with Crippen LogP contribution in [0.25, 0.3) is 0 Å². The minimum absolute atomic E-state index is 0.00493. The number of amides is 1. The van der Waals surface area contributed by atoms with Gasteiger partial charge in [-0.15, -0.1) is 0 Å². The first-order valence-electron chi connectivity index (χ1n) is 7.80. The van der Waals surface area contributed by atoms with Crippen LogP contribution in [-0.2, 0) is 16.0 Å². The zero-order valence-corrected chi connectivity index (χ0v) is 13.5. The highest BCUT2D eigenvalue weighted by molar-refractivity contribution is 5.98. The summed E-state index contributed by atoms with van der Waals surface area (Å²) < 4.78 is 0. The van der Waals surface area contributed by atoms with Crippen molar-refractivity contribution in [2.24, 2.45) is 0 Å². The van der Waals surface area contributed by atoms with Gasteiger partial charge in [0.1, 0.15) is 5.54 Å². The molecule has 2 aromatic rings. The van der Waals surface area contributed by atoms with Crippen molar-refractivity contribution in [3.8, 4) is 0 Å². The van der Waals surface area contributed by atoms with Crippen LogP contribution in [0.4, 0.5) is 0 Å². The first-order chi connectivity index (χ1) is 11.9. The van der Waals surface area contributed by atoms with Gasteiger partial charge in [0.2, 0.25) is 0 Å². The predicted octanol–water partition coefficient (Wildman–Crippen LogP) is 2.35. The van der Waals surface area contributed by atoms with E-state index in [2.05, 4.69) is 5.32 Å². The SMILES string of the molecule is O=C(O)CC[C@@](Cc1ccccc1)(NC(=O)c1ccccc1)C(=O)O. The lowest BCUT2D eigenvalue weighted by Crippen LogP contribution is -2.56. The van der Waals surface area contributed by atoms with Crippen molar-refractivity contribution in [1.29, 1.82) is 0 Å². The normalized spacial score (nSPS) is 12.8. The van der Waals surface area contributed by atoms with Crippen LogP contribution in [0.3, 0.4) is 0 Å². The molecule has 6 nitrogen and oxygen atoms in total. The molecule has 0 spiro atoms. The van der Waals surface area contributed by atoms with E-state index in [4.69, 9.17) is 5.11 Å². The number of benzene rings is 2. The summed E-state index contributed by atoms with van der Waals surface area (Å²) in [6, 6.07) is 17.0. The summed E-state index contributed by atoms with van der Waals surface area (Å²) >= 11 is 0. The van der Waals surface area contributed by atoms with Crippen LogP contribution in [0.1, 0.15) is 28.8 Å². The lowest BCUT2D eigenvalue weighted by molar-refractivity contribution is -0.145. The van der Waals surface area contributed by atoms with Crippen molar-refractivity contribution < 1.29 is 24.6 Å². The fourth-order valence-electron chi connectivity index (χ4n) is 2.57. The Labute approximate surface area is 145 Å². The second-order valence-electron chi connectivity index (χ2n) is 5.76. The molecule has 0 aliphatic heterocycles. The van der Waals surface area contributed by atoms with Crippen molar-refractivity contribution in [2.45, 2.75) is 24.8 Å². The summed E-state index contributed by atoms with van der Waals surface area (Å²) in [5.41, 5.74) is -0.688. The van der Waals surface area contributed by atoms with Crippen LogP contribution in [0.5, 0.6) is 0 Å². The number of aliphatic carboxylic acids is 2. The van der Waals surface area contributed by atoms with E-state index in [1.807, 2.05) is 0 Å². The number of hydrogen-bond donors (Lipinski definition) is 3. The monoisotopic (exact) mass is 341 g/mol. The third-order valence-electron chi connectivity index (χ3n) is 3.91. The summed E-state index contributed by atoms with van der Waals surface area (Å²) in [6.45, 7) is 0. The lowest BCUT2D eigenvalue weighted by atomic mass is 9.85. The summed E-state index contributed by atoms with van der Waals surface area (Å²) in [7, 11) is 0. The van der Waals surface area contributed by atoms with E-state index >= 15 is 0 Å². The molecule has 0 radical (unpaired) electrons. The summed E-state index contributed by atoms with van der Waals surface area (Å²) in [5, 5.41) is 21.3. The number of nitrogens with one attached hydrogen (secondary N) is 1. The van der Waals surface area contributed by atoms with Gasteiger partial charge >= 0.3 is 11.9 Å². The molecule has 6 heteroatoms. The molecule has 0 aliphatic carbocycles. The van der Waals surface area contributed by atoms with E-state index in [1.54, 1.807) is 60.7 Å². The highest BCUT2D eigenvalue weighted by atomic mass is 16.4. The number of carbonyl (C=O) groups excluding carboxylic acids is 1. The maximum Gasteiger partial charge on any atom is 0.329 e. The van der Waals surface area contributed by atoms with Gasteiger partial charge in [-0.05, 0) is 24.1 Å². The fraction of sp³-hybridized carbons (Fsp3) is 0.211. The molecule has 0 saturated carbocycles. The highest BCUT2D eigenvalue weighted by Crippen LogP contribution is 2.21. The number of hydrogen-bond acceptors (Lipinski definition) is 3. The van der Waals surface area contributed by atoms with Crippen LogP contribution in [0.15, 0.2) is 60.7 Å². The van der Waals surface area contributed by atoms with Gasteiger partial charge in [-0.2, -0.15) is 0 Å². The molecule has 0 heterocycles. The molecule has 0 saturated heterocycles. The van der Waals surface area contributed by atoms with Crippen molar-refractivity contribution >= 4 is 17.8 Å². The first-order valence-corrected chi connectivity index (χ1v) is 7.80. The fourth-order valence-corrected chi connectivity index (χ4v) is 2.57. The average Bonchev–Trinajstić information content (AvgIpc) is 2.61. The number of rotatable bonds is 8. The number of carboxylic acid groups (broad SMARTS) is 2. The Bertz CT molecular complexity index is 745. The molecule has 1 amide bonds. The van der Waals surface area contributed by atoms with Gasteiger partial charge in [-0.25, -0.2) is 4.79 Å². The van der Waals surface area contributed by atoms with E-state index in [1.165, 1.54) is 0 Å². The Balaban J connectivity index is 2.33. The minimum atomic E-state index is -1.70. The van der Waals surface area contributed by atoms with Crippen molar-refractivity contribution in [1.82, 2.24) is 5.32 Å². The summed E-state index contributed by atoms with van der Waals surface area (Å²) in [5.74, 6) is -2.93. The van der Waals surface area contributed by atoms with Crippen molar-refractivity contribution in [3.63, 3.8) is 0 Å². The van der Waals surface area contributed by atoms with Crippen LogP contribution in [0.2, 0.25) is 0 Å². The quantitative estimate of drug-likeness (QED) is 0.684. The van der Waals surface area contributed by atoms with Gasteiger partial charge < -0.3 is 15.5 Å². The molecular formula is C19H19NO5. The molecule has 0 unspecified atom stereocenters. The largest absolute Gasteiger partial charge is 0.481 e. The van der Waals surface area contributed by atoms with Gasteiger partial charge in [-0.1, -0.05) is 48.5 Å². The second kappa shape index (κ2) is 8.10. The first kappa shape index (κ1) is 18.2. The molecule has 0 aromatic heterocycles. The van der Waals surface area contributed by atoms with E-state index < -0.39 is 23.4 Å². The van der Waals surface area contributed by atoms with Gasteiger partial charge in [-0.3, -0.25) is 9.59 Å². The Morgan fingerprint density at radius 3 is 1.96 bits per heavy atom. The van der Waals surface area contributed by atoms with Crippen molar-refractivity contribution in [3.05, 3.63) is 71.8 Å². The Morgan fingerprint density at radius 2 is 1.44 bits per heavy atom. The zero-order chi connectivity index (χ0) is 18.3. The maximum atomic E-state index is 12.5. The van der Waals surface area contributed by atoms with Gasteiger partial charge in [0.25, 0.3) is 5.91 Å². The van der Waals surface area contributed by atoms with E-state index in [9.17, 15) is 19.5 Å². The van der Waals surface area contributed by atoms with Crippen LogP contribution in [-0.4, -0.2) is 33.6 Å². The molecule has 1 atom stereocenters. The molecule has 2 aromatic carbocycles. The van der Waals surface area contributed by atoms with Crippen LogP contribution in [0, 0.1) is 0 Å². The Hall–Kier alpha value is -3.15. The Kier molecular flexibility index (Phi) is 5.89. The summed E-state index contributed by atoms with van der Waals surface area (Å²) in [4.78, 5) is 35.4. The maximum absolute atomic E-state index is 12.5. The third-order valence-corrected chi connectivity index (χ3v) is 3.91. The topological polar surface area (TPSA) is 104 Å². The van der Waals surface area contributed by atoms with Gasteiger partial charge in [0.05, 0.1) is 0 Å². The minimum Gasteiger partial charge on any atom is -0.481 e. The lowest BCUT2D eigenvalue weighted by Gasteiger charge is -2.30. The van der Waals surface area contributed by atoms with Crippen LogP contribution < -0.4 is 5.32 Å². The molecule has 0 aliphatic rings. The molecule has 0 bridgehead atoms. The Morgan fingerprint density at radius 1 is 0.880 bits per heavy atom. The van der Waals surface area contributed by atoms with E-state index in [-0.39, 0.29) is 19.3 Å². The molecule has 25 heavy (non-hydrogen) atoms. The highest BCUT2D eigenvalue weighted by Gasteiger charge is 2.40. The molecule has 0 fully saturated rings. The standard InChI is InChI=1S/C19H19NO5/c21-16(22)11-12-19(18(24)25,13-14-7-3-1-4-8-14)20-17(23)15-9-5-2-6-10-15/h1-10H,11-13H2,(H,20,23)(H,21,22)(H,24,25)/t19-/m0/s1. The predicted molar refractivity (Wildman–Crippen MR) is 91.3 cm³/mol. The molecule has 2 rings (SSSR count).